The minimum atomic E-state index is 0. The molecule has 0 rings (SSSR count). The molecule has 0 spiro atoms. The molecule has 0 bridgehead atoms. The number of ether oxygens (including phenoxy) is 2. The molecule has 0 atom stereocenters. The number of unbranched alkanes of at least 4 members (excludes halogenated alkanes) is 10. The fourth-order valence-electron chi connectivity index (χ4n) is 2.11. The van der Waals surface area contributed by atoms with Gasteiger partial charge in [0.15, 0.2) is 0 Å². The first-order valence-corrected chi connectivity index (χ1v) is 10.2. The summed E-state index contributed by atoms with van der Waals surface area (Å²) in [5, 5.41) is 0.340. The van der Waals surface area contributed by atoms with Gasteiger partial charge in [-0.2, -0.15) is 0 Å². The Kier molecular flexibility index (Phi) is 32.1. The first kappa shape index (κ1) is 30.1. The van der Waals surface area contributed by atoms with Crippen molar-refractivity contribution in [1.29, 1.82) is 0 Å². The third-order valence-electron chi connectivity index (χ3n) is 3.48. The number of rotatable bonds is 14. The van der Waals surface area contributed by atoms with Crippen LogP contribution in [0.25, 0.3) is 0 Å². The van der Waals surface area contributed by atoms with Crippen molar-refractivity contribution >= 4 is 64.3 Å². The third kappa shape index (κ3) is 36.1. The van der Waals surface area contributed by atoms with E-state index in [0.717, 1.165) is 12.8 Å². The molecule has 0 heterocycles. The van der Waals surface area contributed by atoms with Crippen molar-refractivity contribution in [2.45, 2.75) is 90.9 Å². The van der Waals surface area contributed by atoms with Crippen LogP contribution in [0.15, 0.2) is 0 Å². The molecule has 0 aliphatic carbocycles. The van der Waals surface area contributed by atoms with Gasteiger partial charge < -0.3 is 20.9 Å². The van der Waals surface area contributed by atoms with Gasteiger partial charge in [-0.15, -0.1) is 0 Å². The van der Waals surface area contributed by atoms with Crippen molar-refractivity contribution in [3.63, 3.8) is 0 Å². The summed E-state index contributed by atoms with van der Waals surface area (Å²) in [7, 11) is 0. The van der Waals surface area contributed by atoms with E-state index >= 15 is 0 Å². The topological polar surface area (TPSA) is 70.5 Å². The molecule has 4 nitrogen and oxygen atoms in total. The van der Waals surface area contributed by atoms with Crippen LogP contribution in [0.1, 0.15) is 90.9 Å². The zero-order chi connectivity index (χ0) is 18.5. The second kappa shape index (κ2) is 26.6. The molecule has 25 heavy (non-hydrogen) atoms. The van der Waals surface area contributed by atoms with E-state index in [1.54, 1.807) is 0 Å². The van der Waals surface area contributed by atoms with Crippen LogP contribution in [0, 0.1) is 0 Å². The van der Waals surface area contributed by atoms with Gasteiger partial charge >= 0.3 is 29.6 Å². The molecular weight excluding hydrogens is 363 g/mol. The predicted octanol–water partition coefficient (Wildman–Crippen LogP) is 4.57. The molecule has 0 aliphatic heterocycles. The summed E-state index contributed by atoms with van der Waals surface area (Å²) in [5.41, 5.74) is 10.3. The molecule has 0 fully saturated rings. The van der Waals surface area contributed by atoms with Gasteiger partial charge in [0.25, 0.3) is 10.3 Å². The average molecular weight is 403 g/mol. The maximum atomic E-state index is 5.16. The van der Waals surface area contributed by atoms with Crippen LogP contribution in [0.3, 0.4) is 0 Å². The van der Waals surface area contributed by atoms with E-state index in [9.17, 15) is 0 Å². The van der Waals surface area contributed by atoms with E-state index in [1.807, 2.05) is 0 Å². The Hall–Kier alpha value is 0.380. The van der Waals surface area contributed by atoms with Gasteiger partial charge in [0.2, 0.25) is 0 Å². The van der Waals surface area contributed by atoms with Gasteiger partial charge in [-0.05, 0) is 37.3 Å². The van der Waals surface area contributed by atoms with Gasteiger partial charge in [-0.1, -0.05) is 78.1 Å². The van der Waals surface area contributed by atoms with E-state index in [1.165, 1.54) is 64.2 Å². The van der Waals surface area contributed by atoms with Crippen LogP contribution in [0.2, 0.25) is 0 Å². The van der Waals surface area contributed by atoms with Gasteiger partial charge in [-0.25, -0.2) is 0 Å². The van der Waals surface area contributed by atoms with Crippen LogP contribution >= 0.6 is 24.4 Å². The van der Waals surface area contributed by atoms with Crippen molar-refractivity contribution in [2.75, 3.05) is 13.2 Å². The van der Waals surface area contributed by atoms with E-state index in [2.05, 4.69) is 38.3 Å². The van der Waals surface area contributed by atoms with Crippen molar-refractivity contribution < 1.29 is 9.47 Å². The molecular formula is C18H39N2NaO2S2. The van der Waals surface area contributed by atoms with E-state index in [-0.39, 0.29) is 39.9 Å². The summed E-state index contributed by atoms with van der Waals surface area (Å²) in [4.78, 5) is 0. The number of hydrogen-bond acceptors (Lipinski definition) is 4. The SMILES string of the molecule is CCCCCCCCOC(N)=S.CCCCCCCCOC(N)=S.[NaH]. The Morgan fingerprint density at radius 1 is 0.600 bits per heavy atom. The van der Waals surface area contributed by atoms with Crippen LogP contribution in [0.5, 0.6) is 0 Å². The zero-order valence-electron chi connectivity index (χ0n) is 15.7. The van der Waals surface area contributed by atoms with Crippen molar-refractivity contribution in [2.24, 2.45) is 11.5 Å². The molecule has 0 aromatic heterocycles. The summed E-state index contributed by atoms with van der Waals surface area (Å²) >= 11 is 9.14. The van der Waals surface area contributed by atoms with E-state index in [0.29, 0.717) is 13.2 Å². The summed E-state index contributed by atoms with van der Waals surface area (Å²) in [5.74, 6) is 0. The van der Waals surface area contributed by atoms with E-state index in [4.69, 9.17) is 20.9 Å². The Labute approximate surface area is 188 Å². The van der Waals surface area contributed by atoms with Crippen molar-refractivity contribution in [1.82, 2.24) is 0 Å². The zero-order valence-corrected chi connectivity index (χ0v) is 17.3. The molecule has 0 saturated carbocycles. The Balaban J connectivity index is -0.000000372. The van der Waals surface area contributed by atoms with Crippen molar-refractivity contribution in [3.8, 4) is 0 Å². The first-order chi connectivity index (χ1) is 11.5. The normalized spacial score (nSPS) is 9.36. The molecule has 0 aromatic rings. The van der Waals surface area contributed by atoms with Gasteiger partial charge in [-0.3, -0.25) is 0 Å². The first-order valence-electron chi connectivity index (χ1n) is 9.39. The Bertz CT molecular complexity index is 268. The molecule has 0 radical (unpaired) electrons. The summed E-state index contributed by atoms with van der Waals surface area (Å²) in [6.45, 7) is 5.80. The maximum absolute atomic E-state index is 5.16. The molecule has 0 amide bonds. The van der Waals surface area contributed by atoms with Crippen molar-refractivity contribution in [3.05, 3.63) is 0 Å². The van der Waals surface area contributed by atoms with Crippen LogP contribution in [0.4, 0.5) is 0 Å². The molecule has 0 aliphatic rings. The molecule has 7 heteroatoms. The fourth-order valence-corrected chi connectivity index (χ4v) is 2.28. The summed E-state index contributed by atoms with van der Waals surface area (Å²) in [6.07, 6.45) is 15.1. The van der Waals surface area contributed by atoms with E-state index < -0.39 is 0 Å². The minimum absolute atomic E-state index is 0. The second-order valence-electron chi connectivity index (χ2n) is 5.87. The Morgan fingerprint density at radius 2 is 0.880 bits per heavy atom. The molecule has 0 saturated heterocycles. The summed E-state index contributed by atoms with van der Waals surface area (Å²) in [6, 6.07) is 0. The second-order valence-corrected chi connectivity index (χ2v) is 6.68. The number of hydrogen-bond donors (Lipinski definition) is 2. The molecule has 146 valence electrons. The quantitative estimate of drug-likeness (QED) is 0.252. The predicted molar refractivity (Wildman–Crippen MR) is 119 cm³/mol. The average Bonchev–Trinajstić information content (AvgIpc) is 2.53. The van der Waals surface area contributed by atoms with Gasteiger partial charge in [0.1, 0.15) is 0 Å². The van der Waals surface area contributed by atoms with Crippen LogP contribution in [-0.2, 0) is 9.47 Å². The van der Waals surface area contributed by atoms with Crippen LogP contribution in [-0.4, -0.2) is 53.1 Å². The van der Waals surface area contributed by atoms with Gasteiger partial charge in [0, 0.05) is 0 Å². The molecule has 4 N–H and O–H groups in total. The summed E-state index contributed by atoms with van der Waals surface area (Å²) < 4.78 is 9.92. The molecule has 0 unspecified atom stereocenters. The standard InChI is InChI=1S/2C9H19NOS.Na.H/c2*1-2-3-4-5-6-7-8-11-9(10)12;;/h2*2-8H2,1H3,(H2,10,12);;. The van der Waals surface area contributed by atoms with Gasteiger partial charge in [0.05, 0.1) is 13.2 Å². The monoisotopic (exact) mass is 402 g/mol. The molecule has 0 aromatic carbocycles. The number of nitrogens with two attached hydrogens (primary N) is 2. The fraction of sp³-hybridized carbons (Fsp3) is 0.889. The van der Waals surface area contributed by atoms with Crippen LogP contribution < -0.4 is 11.5 Å². The number of thiocarbonyl (C=S) groups is 2. The Morgan fingerprint density at radius 3 is 1.16 bits per heavy atom. The third-order valence-corrected chi connectivity index (χ3v) is 3.72.